The minimum absolute atomic E-state index is 0.0216. The maximum Gasteiger partial charge on any atom is 0.266 e. The van der Waals surface area contributed by atoms with Crippen molar-refractivity contribution in [3.05, 3.63) is 64.2 Å². The van der Waals surface area contributed by atoms with E-state index in [1.165, 1.54) is 4.90 Å². The fourth-order valence-corrected chi connectivity index (χ4v) is 4.23. The summed E-state index contributed by atoms with van der Waals surface area (Å²) in [6.45, 7) is 4.88. The Hall–Kier alpha value is -2.99. The number of fused-ring (bicyclic) bond motifs is 1. The van der Waals surface area contributed by atoms with Crippen LogP contribution in [-0.2, 0) is 0 Å². The summed E-state index contributed by atoms with van der Waals surface area (Å²) < 4.78 is 0. The zero-order valence-electron chi connectivity index (χ0n) is 16.8. The van der Waals surface area contributed by atoms with Gasteiger partial charge in [0.05, 0.1) is 16.8 Å². The van der Waals surface area contributed by atoms with E-state index in [0.717, 1.165) is 30.4 Å². The van der Waals surface area contributed by atoms with Gasteiger partial charge in [0, 0.05) is 24.7 Å². The Balaban J connectivity index is 1.68. The van der Waals surface area contributed by atoms with Crippen LogP contribution in [0.25, 0.3) is 0 Å². The molecule has 2 aliphatic rings. The van der Waals surface area contributed by atoms with Crippen LogP contribution >= 0.6 is 0 Å². The smallest absolute Gasteiger partial charge is 0.266 e. The lowest BCUT2D eigenvalue weighted by Crippen LogP contribution is -2.47. The van der Waals surface area contributed by atoms with Crippen LogP contribution in [0.4, 0.5) is 5.69 Å². The number of piperidine rings is 1. The lowest BCUT2D eigenvalue weighted by Gasteiger charge is -2.35. The van der Waals surface area contributed by atoms with Crippen LogP contribution in [0.2, 0.25) is 0 Å². The molecule has 0 saturated carbocycles. The van der Waals surface area contributed by atoms with Crippen LogP contribution in [0.3, 0.4) is 0 Å². The van der Waals surface area contributed by atoms with Crippen LogP contribution in [0.5, 0.6) is 0 Å². The largest absolute Gasteiger partial charge is 0.334 e. The van der Waals surface area contributed by atoms with Crippen LogP contribution < -0.4 is 10.6 Å². The van der Waals surface area contributed by atoms with Crippen LogP contribution in [0.1, 0.15) is 61.5 Å². The second kappa shape index (κ2) is 7.44. The van der Waals surface area contributed by atoms with Gasteiger partial charge in [0.15, 0.2) is 0 Å². The summed E-state index contributed by atoms with van der Waals surface area (Å²) in [4.78, 5) is 42.1. The molecule has 2 aliphatic heterocycles. The van der Waals surface area contributed by atoms with Crippen molar-refractivity contribution < 1.29 is 14.4 Å². The zero-order valence-corrected chi connectivity index (χ0v) is 16.8. The minimum Gasteiger partial charge on any atom is -0.334 e. The molecule has 2 aromatic rings. The number of imide groups is 1. The highest BCUT2D eigenvalue weighted by atomic mass is 16.2. The van der Waals surface area contributed by atoms with Crippen molar-refractivity contribution in [2.75, 3.05) is 18.0 Å². The molecule has 2 aromatic carbocycles. The Morgan fingerprint density at radius 1 is 1.03 bits per heavy atom. The molecule has 0 spiro atoms. The molecule has 1 saturated heterocycles. The molecule has 4 rings (SSSR count). The molecule has 0 aliphatic carbocycles. The quantitative estimate of drug-likeness (QED) is 0.815. The molecule has 6 heteroatoms. The maximum atomic E-state index is 13.1. The van der Waals surface area contributed by atoms with Gasteiger partial charge in [-0.15, -0.1) is 0 Å². The second-order valence-electron chi connectivity index (χ2n) is 7.88. The Morgan fingerprint density at radius 2 is 1.79 bits per heavy atom. The molecule has 150 valence electrons. The molecule has 1 atom stereocenters. The first kappa shape index (κ1) is 19.3. The van der Waals surface area contributed by atoms with E-state index in [1.54, 1.807) is 23.1 Å². The lowest BCUT2D eigenvalue weighted by atomic mass is 9.99. The van der Waals surface area contributed by atoms with Crippen molar-refractivity contribution >= 4 is 23.4 Å². The Kier molecular flexibility index (Phi) is 4.96. The van der Waals surface area contributed by atoms with Crippen LogP contribution in [0.15, 0.2) is 36.4 Å². The summed E-state index contributed by atoms with van der Waals surface area (Å²) in [5.74, 6) is -0.869. The van der Waals surface area contributed by atoms with E-state index >= 15 is 0 Å². The minimum atomic E-state index is -0.387. The molecule has 0 aromatic heterocycles. The molecular weight excluding hydrogens is 366 g/mol. The van der Waals surface area contributed by atoms with E-state index < -0.39 is 0 Å². The lowest BCUT2D eigenvalue weighted by molar-refractivity contribution is 0.0623. The third-order valence-corrected chi connectivity index (χ3v) is 5.90. The van der Waals surface area contributed by atoms with Gasteiger partial charge in [-0.05, 0) is 68.5 Å². The molecular formula is C23H25N3O3. The predicted molar refractivity (Wildman–Crippen MR) is 111 cm³/mol. The van der Waals surface area contributed by atoms with Gasteiger partial charge in [-0.25, -0.2) is 4.90 Å². The average Bonchev–Trinajstić information content (AvgIpc) is 2.99. The number of hydrogen-bond donors (Lipinski definition) is 1. The molecule has 2 heterocycles. The summed E-state index contributed by atoms with van der Waals surface area (Å²) in [5.41, 5.74) is 9.29. The fourth-order valence-electron chi connectivity index (χ4n) is 4.23. The third-order valence-electron chi connectivity index (χ3n) is 5.90. The number of carbonyl (C=O) groups is 3. The van der Waals surface area contributed by atoms with Gasteiger partial charge < -0.3 is 10.6 Å². The second-order valence-corrected chi connectivity index (χ2v) is 7.88. The molecule has 2 N–H and O–H groups in total. The molecule has 0 radical (unpaired) electrons. The number of aryl methyl sites for hydroxylation is 2. The third kappa shape index (κ3) is 3.23. The summed E-state index contributed by atoms with van der Waals surface area (Å²) >= 11 is 0. The van der Waals surface area contributed by atoms with Gasteiger partial charge in [-0.2, -0.15) is 0 Å². The predicted octanol–water partition coefficient (Wildman–Crippen LogP) is 3.06. The van der Waals surface area contributed by atoms with Crippen molar-refractivity contribution in [3.63, 3.8) is 0 Å². The monoisotopic (exact) mass is 391 g/mol. The summed E-state index contributed by atoms with van der Waals surface area (Å²) in [7, 11) is 0. The number of benzene rings is 2. The SMILES string of the molecule is Cc1ccc(C)c(N2C(=O)c3ccc(C(=O)N4CCCCC4CN)cc3C2=O)c1. The van der Waals surface area contributed by atoms with Crippen LogP contribution in [-0.4, -0.2) is 41.8 Å². The van der Waals surface area contributed by atoms with Crippen molar-refractivity contribution in [1.29, 1.82) is 0 Å². The van der Waals surface area contributed by atoms with Crippen molar-refractivity contribution in [1.82, 2.24) is 4.90 Å². The number of rotatable bonds is 3. The average molecular weight is 391 g/mol. The number of hydrogen-bond acceptors (Lipinski definition) is 4. The van der Waals surface area contributed by atoms with Gasteiger partial charge in [-0.1, -0.05) is 12.1 Å². The van der Waals surface area contributed by atoms with Gasteiger partial charge >= 0.3 is 0 Å². The summed E-state index contributed by atoms with van der Waals surface area (Å²) in [6.07, 6.45) is 2.91. The first-order chi connectivity index (χ1) is 13.9. The molecule has 29 heavy (non-hydrogen) atoms. The number of anilines is 1. The summed E-state index contributed by atoms with van der Waals surface area (Å²) in [6, 6.07) is 10.5. The van der Waals surface area contributed by atoms with Gasteiger partial charge in [0.2, 0.25) is 0 Å². The number of nitrogens with two attached hydrogens (primary N) is 1. The van der Waals surface area contributed by atoms with E-state index in [9.17, 15) is 14.4 Å². The fraction of sp³-hybridized carbons (Fsp3) is 0.348. The van der Waals surface area contributed by atoms with E-state index in [-0.39, 0.29) is 29.3 Å². The standard InChI is InChI=1S/C23H25N3O3/c1-14-6-7-15(2)20(11-14)26-22(28)18-9-8-16(12-19(18)23(26)29)21(27)25-10-4-3-5-17(25)13-24/h6-9,11-12,17H,3-5,10,13,24H2,1-2H3. The van der Waals surface area contributed by atoms with Gasteiger partial charge in [-0.3, -0.25) is 14.4 Å². The number of carbonyl (C=O) groups excluding carboxylic acids is 3. The Morgan fingerprint density at radius 3 is 2.55 bits per heavy atom. The van der Waals surface area contributed by atoms with Crippen molar-refractivity contribution in [3.8, 4) is 0 Å². The molecule has 0 bridgehead atoms. The highest BCUT2D eigenvalue weighted by Gasteiger charge is 2.38. The highest BCUT2D eigenvalue weighted by Crippen LogP contribution is 2.32. The molecule has 6 nitrogen and oxygen atoms in total. The van der Waals surface area contributed by atoms with E-state index in [1.807, 2.05) is 32.0 Å². The van der Waals surface area contributed by atoms with E-state index in [0.29, 0.717) is 29.9 Å². The van der Waals surface area contributed by atoms with E-state index in [2.05, 4.69) is 0 Å². The van der Waals surface area contributed by atoms with Crippen molar-refractivity contribution in [2.45, 2.75) is 39.2 Å². The molecule has 3 amide bonds. The first-order valence-corrected chi connectivity index (χ1v) is 10.0. The summed E-state index contributed by atoms with van der Waals surface area (Å²) in [5, 5.41) is 0. The Bertz CT molecular complexity index is 1010. The van der Waals surface area contributed by atoms with E-state index in [4.69, 9.17) is 5.73 Å². The maximum absolute atomic E-state index is 13.1. The normalized spacial score (nSPS) is 18.9. The van der Waals surface area contributed by atoms with Gasteiger partial charge in [0.1, 0.15) is 0 Å². The topological polar surface area (TPSA) is 83.7 Å². The van der Waals surface area contributed by atoms with Crippen molar-refractivity contribution in [2.24, 2.45) is 5.73 Å². The Labute approximate surface area is 170 Å². The van der Waals surface area contributed by atoms with Gasteiger partial charge in [0.25, 0.3) is 17.7 Å². The highest BCUT2D eigenvalue weighted by molar-refractivity contribution is 6.35. The number of nitrogens with zero attached hydrogens (tertiary/aromatic N) is 2. The first-order valence-electron chi connectivity index (χ1n) is 10.0. The molecule has 1 fully saturated rings. The number of likely N-dealkylation sites (tertiary alicyclic amines) is 1. The zero-order chi connectivity index (χ0) is 20.7. The molecule has 1 unspecified atom stereocenters. The van der Waals surface area contributed by atoms with Crippen LogP contribution in [0, 0.1) is 13.8 Å². The number of amides is 3.